The lowest BCUT2D eigenvalue weighted by molar-refractivity contribution is 0.0792. The van der Waals surface area contributed by atoms with Gasteiger partial charge in [0.15, 0.2) is 5.69 Å². The Hall–Kier alpha value is -2.31. The SMILES string of the molecule is CC1CCCCC1.NC(=O)c1ccc(-c2ccc(CN3CCC(O)CC3)cc2)nn1. The molecule has 0 atom stereocenters. The molecule has 2 heterocycles. The lowest BCUT2D eigenvalue weighted by Crippen LogP contribution is -2.35. The topological polar surface area (TPSA) is 92.3 Å². The number of nitrogens with zero attached hydrogens (tertiary/aromatic N) is 3. The smallest absolute Gasteiger partial charge is 0.269 e. The first-order valence-electron chi connectivity index (χ1n) is 11.1. The molecule has 0 bridgehead atoms. The number of piperidine rings is 1. The zero-order chi connectivity index (χ0) is 21.3. The first-order chi connectivity index (χ1) is 14.5. The van der Waals surface area contributed by atoms with Crippen LogP contribution >= 0.6 is 0 Å². The van der Waals surface area contributed by atoms with Gasteiger partial charge in [0.05, 0.1) is 11.8 Å². The molecule has 1 aliphatic carbocycles. The Labute approximate surface area is 179 Å². The van der Waals surface area contributed by atoms with Gasteiger partial charge < -0.3 is 10.8 Å². The van der Waals surface area contributed by atoms with Crippen molar-refractivity contribution in [2.24, 2.45) is 11.7 Å². The highest BCUT2D eigenvalue weighted by molar-refractivity contribution is 5.90. The second-order valence-corrected chi connectivity index (χ2v) is 8.62. The lowest BCUT2D eigenvalue weighted by atomic mass is 9.91. The zero-order valence-electron chi connectivity index (χ0n) is 18.0. The minimum Gasteiger partial charge on any atom is -0.393 e. The number of carbonyl (C=O) groups excluding carboxylic acids is 1. The first-order valence-corrected chi connectivity index (χ1v) is 11.1. The first kappa shape index (κ1) is 22.4. The number of rotatable bonds is 4. The molecule has 2 aromatic rings. The second-order valence-electron chi connectivity index (χ2n) is 8.62. The van der Waals surface area contributed by atoms with Crippen LogP contribution in [0.4, 0.5) is 0 Å². The van der Waals surface area contributed by atoms with Crippen molar-refractivity contribution in [1.82, 2.24) is 15.1 Å². The number of carbonyl (C=O) groups is 1. The summed E-state index contributed by atoms with van der Waals surface area (Å²) in [6, 6.07) is 11.5. The van der Waals surface area contributed by atoms with Crippen molar-refractivity contribution in [3.05, 3.63) is 47.7 Å². The third kappa shape index (κ3) is 6.89. The maximum absolute atomic E-state index is 11.0. The van der Waals surface area contributed by atoms with Crippen molar-refractivity contribution in [2.45, 2.75) is 64.5 Å². The van der Waals surface area contributed by atoms with Gasteiger partial charge in [0.1, 0.15) is 0 Å². The summed E-state index contributed by atoms with van der Waals surface area (Å²) in [7, 11) is 0. The van der Waals surface area contributed by atoms with Crippen LogP contribution in [0.3, 0.4) is 0 Å². The van der Waals surface area contributed by atoms with Gasteiger partial charge in [-0.2, -0.15) is 0 Å². The van der Waals surface area contributed by atoms with Gasteiger partial charge in [-0.05, 0) is 36.5 Å². The summed E-state index contributed by atoms with van der Waals surface area (Å²) in [6.07, 6.45) is 8.99. The van der Waals surface area contributed by atoms with E-state index in [2.05, 4.69) is 34.2 Å². The van der Waals surface area contributed by atoms with Gasteiger partial charge in [-0.1, -0.05) is 63.3 Å². The Morgan fingerprint density at radius 3 is 2.17 bits per heavy atom. The molecule has 0 unspecified atom stereocenters. The Morgan fingerprint density at radius 2 is 1.67 bits per heavy atom. The fraction of sp³-hybridized carbons (Fsp3) is 0.542. The monoisotopic (exact) mass is 410 g/mol. The summed E-state index contributed by atoms with van der Waals surface area (Å²) in [5.74, 6) is 0.458. The number of aliphatic hydroxyl groups is 1. The van der Waals surface area contributed by atoms with Gasteiger partial charge >= 0.3 is 0 Å². The van der Waals surface area contributed by atoms with E-state index in [0.717, 1.165) is 44.0 Å². The maximum atomic E-state index is 11.0. The van der Waals surface area contributed by atoms with E-state index in [9.17, 15) is 9.90 Å². The molecule has 3 N–H and O–H groups in total. The van der Waals surface area contributed by atoms with Crippen molar-refractivity contribution in [1.29, 1.82) is 0 Å². The number of benzene rings is 1. The molecule has 1 aromatic carbocycles. The molecule has 1 aromatic heterocycles. The predicted octanol–water partition coefficient (Wildman–Crippen LogP) is 3.79. The third-order valence-corrected chi connectivity index (χ3v) is 6.02. The van der Waals surface area contributed by atoms with Crippen molar-refractivity contribution in [2.75, 3.05) is 13.1 Å². The molecule has 1 saturated heterocycles. The van der Waals surface area contributed by atoms with Gasteiger partial charge in [-0.15, -0.1) is 10.2 Å². The molecule has 1 saturated carbocycles. The van der Waals surface area contributed by atoms with E-state index in [4.69, 9.17) is 5.73 Å². The summed E-state index contributed by atoms with van der Waals surface area (Å²) in [5, 5.41) is 17.4. The Morgan fingerprint density at radius 1 is 1.00 bits per heavy atom. The molecule has 0 spiro atoms. The van der Waals surface area contributed by atoms with E-state index in [1.165, 1.54) is 37.7 Å². The lowest BCUT2D eigenvalue weighted by Gasteiger charge is -2.29. The molecule has 1 aliphatic heterocycles. The van der Waals surface area contributed by atoms with Crippen LogP contribution in [0.5, 0.6) is 0 Å². The average molecular weight is 411 g/mol. The van der Waals surface area contributed by atoms with Crippen LogP contribution in [0.25, 0.3) is 11.3 Å². The molecule has 162 valence electrons. The maximum Gasteiger partial charge on any atom is 0.269 e. The van der Waals surface area contributed by atoms with E-state index < -0.39 is 5.91 Å². The fourth-order valence-corrected chi connectivity index (χ4v) is 4.04. The van der Waals surface area contributed by atoms with E-state index >= 15 is 0 Å². The third-order valence-electron chi connectivity index (χ3n) is 6.02. The van der Waals surface area contributed by atoms with Crippen LogP contribution < -0.4 is 5.73 Å². The molecule has 6 heteroatoms. The normalized spacial score (nSPS) is 18.5. The van der Waals surface area contributed by atoms with Gasteiger partial charge in [0.25, 0.3) is 5.91 Å². The second kappa shape index (κ2) is 11.2. The molecule has 6 nitrogen and oxygen atoms in total. The molecular formula is C24H34N4O2. The highest BCUT2D eigenvalue weighted by Crippen LogP contribution is 2.22. The number of nitrogens with two attached hydrogens (primary N) is 1. The molecule has 4 rings (SSSR count). The van der Waals surface area contributed by atoms with Gasteiger partial charge in [0.2, 0.25) is 0 Å². The Balaban J connectivity index is 0.000000310. The average Bonchev–Trinajstić information content (AvgIpc) is 2.77. The van der Waals surface area contributed by atoms with Crippen LogP contribution in [-0.4, -0.2) is 45.3 Å². The summed E-state index contributed by atoms with van der Waals surface area (Å²) in [4.78, 5) is 13.4. The summed E-state index contributed by atoms with van der Waals surface area (Å²) >= 11 is 0. The molecule has 2 aliphatic rings. The minimum atomic E-state index is -0.578. The highest BCUT2D eigenvalue weighted by atomic mass is 16.3. The summed E-state index contributed by atoms with van der Waals surface area (Å²) in [5.41, 5.74) is 8.21. The van der Waals surface area contributed by atoms with Gasteiger partial charge in [0, 0.05) is 25.2 Å². The van der Waals surface area contributed by atoms with E-state index in [1.807, 2.05) is 12.1 Å². The predicted molar refractivity (Wildman–Crippen MR) is 119 cm³/mol. The van der Waals surface area contributed by atoms with E-state index in [0.29, 0.717) is 5.69 Å². The number of amides is 1. The number of primary amides is 1. The van der Waals surface area contributed by atoms with Gasteiger partial charge in [-0.25, -0.2) is 0 Å². The summed E-state index contributed by atoms with van der Waals surface area (Å²) in [6.45, 7) is 5.12. The number of aliphatic hydroxyl groups excluding tert-OH is 1. The van der Waals surface area contributed by atoms with E-state index in [1.54, 1.807) is 12.1 Å². The number of likely N-dealkylation sites (tertiary alicyclic amines) is 1. The van der Waals surface area contributed by atoms with Crippen LogP contribution in [-0.2, 0) is 6.54 Å². The van der Waals surface area contributed by atoms with Crippen LogP contribution in [0.1, 0.15) is 67.9 Å². The number of aromatic nitrogens is 2. The quantitative estimate of drug-likeness (QED) is 0.800. The van der Waals surface area contributed by atoms with Crippen LogP contribution in [0.15, 0.2) is 36.4 Å². The highest BCUT2D eigenvalue weighted by Gasteiger charge is 2.16. The molecule has 30 heavy (non-hydrogen) atoms. The summed E-state index contributed by atoms with van der Waals surface area (Å²) < 4.78 is 0. The van der Waals surface area contributed by atoms with Crippen molar-refractivity contribution >= 4 is 5.91 Å². The standard InChI is InChI=1S/C17H20N4O2.C7H14/c18-17(23)16-6-5-15(19-20-16)13-3-1-12(2-4-13)11-21-9-7-14(22)8-10-21;1-7-5-3-2-4-6-7/h1-6,14,22H,7-11H2,(H2,18,23);7H,2-6H2,1H3. The molecule has 2 fully saturated rings. The largest absolute Gasteiger partial charge is 0.393 e. The molecule has 1 amide bonds. The number of hydrogen-bond acceptors (Lipinski definition) is 5. The van der Waals surface area contributed by atoms with Crippen LogP contribution in [0, 0.1) is 5.92 Å². The Kier molecular flexibility index (Phi) is 8.34. The van der Waals surface area contributed by atoms with Crippen molar-refractivity contribution < 1.29 is 9.90 Å². The van der Waals surface area contributed by atoms with E-state index in [-0.39, 0.29) is 11.8 Å². The molecule has 0 radical (unpaired) electrons. The zero-order valence-corrected chi connectivity index (χ0v) is 18.0. The van der Waals surface area contributed by atoms with Crippen molar-refractivity contribution in [3.8, 4) is 11.3 Å². The fourth-order valence-electron chi connectivity index (χ4n) is 4.04. The minimum absolute atomic E-state index is 0.143. The van der Waals surface area contributed by atoms with Crippen molar-refractivity contribution in [3.63, 3.8) is 0 Å². The molecular weight excluding hydrogens is 376 g/mol. The van der Waals surface area contributed by atoms with Gasteiger partial charge in [-0.3, -0.25) is 9.69 Å². The number of hydrogen-bond donors (Lipinski definition) is 2. The van der Waals surface area contributed by atoms with Crippen LogP contribution in [0.2, 0.25) is 0 Å². The Bertz CT molecular complexity index is 778.